The molecule has 2 aromatic rings. The number of likely N-dealkylation sites (tertiary alicyclic amines) is 1. The maximum Gasteiger partial charge on any atom is 0.490 e. The van der Waals surface area contributed by atoms with Gasteiger partial charge in [-0.05, 0) is 58.4 Å². The predicted molar refractivity (Wildman–Crippen MR) is 121 cm³/mol. The van der Waals surface area contributed by atoms with Gasteiger partial charge in [-0.2, -0.15) is 26.3 Å². The summed E-state index contributed by atoms with van der Waals surface area (Å²) in [5.41, 5.74) is -1.44. The van der Waals surface area contributed by atoms with Crippen molar-refractivity contribution in [3.05, 3.63) is 34.1 Å². The first kappa shape index (κ1) is 29.9. The van der Waals surface area contributed by atoms with Gasteiger partial charge in [0.1, 0.15) is 5.75 Å². The molecule has 1 fully saturated rings. The lowest BCUT2D eigenvalue weighted by atomic mass is 9.98. The number of carboxylic acids is 1. The first-order valence-corrected chi connectivity index (χ1v) is 11.0. The molecule has 0 spiro atoms. The molecule has 3 N–H and O–H groups in total. The molecule has 0 amide bonds. The van der Waals surface area contributed by atoms with Gasteiger partial charge in [-0.1, -0.05) is 0 Å². The highest BCUT2D eigenvalue weighted by atomic mass is 19.4. The molecule has 0 radical (unpaired) electrons. The molecule has 1 saturated heterocycles. The van der Waals surface area contributed by atoms with Crippen LogP contribution in [0.3, 0.4) is 0 Å². The van der Waals surface area contributed by atoms with Gasteiger partial charge in [0.15, 0.2) is 5.82 Å². The number of piperidine rings is 1. The molecule has 15 heteroatoms. The van der Waals surface area contributed by atoms with E-state index in [1.54, 1.807) is 0 Å². The summed E-state index contributed by atoms with van der Waals surface area (Å²) in [6.45, 7) is 8.16. The summed E-state index contributed by atoms with van der Waals surface area (Å²) in [4.78, 5) is 24.0. The lowest BCUT2D eigenvalue weighted by Crippen LogP contribution is -2.51. The largest absolute Gasteiger partial charge is 0.507 e. The first-order valence-electron chi connectivity index (χ1n) is 11.0. The fraction of sp³-hybridized carbons (Fsp3) is 0.545. The van der Waals surface area contributed by atoms with Gasteiger partial charge in [0.2, 0.25) is 5.82 Å². The number of benzene rings is 1. The van der Waals surface area contributed by atoms with Gasteiger partial charge in [0.05, 0.1) is 11.1 Å². The molecule has 1 aromatic carbocycles. The Kier molecular flexibility index (Phi) is 8.83. The Bertz CT molecular complexity index is 1170. The zero-order chi connectivity index (χ0) is 28.3. The van der Waals surface area contributed by atoms with Crippen molar-refractivity contribution in [1.82, 2.24) is 19.7 Å². The van der Waals surface area contributed by atoms with Crippen molar-refractivity contribution in [3.63, 3.8) is 0 Å². The lowest BCUT2D eigenvalue weighted by molar-refractivity contribution is -0.192. The van der Waals surface area contributed by atoms with E-state index < -0.39 is 35.2 Å². The van der Waals surface area contributed by atoms with Crippen LogP contribution in [-0.2, 0) is 18.0 Å². The molecule has 0 aliphatic carbocycles. The minimum atomic E-state index is -5.08. The maximum atomic E-state index is 12.8. The Labute approximate surface area is 207 Å². The Balaban J connectivity index is 0.000000604. The summed E-state index contributed by atoms with van der Waals surface area (Å²) >= 11 is 0. The Morgan fingerprint density at radius 2 is 1.70 bits per heavy atom. The smallest absolute Gasteiger partial charge is 0.490 e. The van der Waals surface area contributed by atoms with E-state index >= 15 is 0 Å². The van der Waals surface area contributed by atoms with E-state index in [4.69, 9.17) is 9.90 Å². The van der Waals surface area contributed by atoms with Crippen LogP contribution in [0.4, 0.5) is 32.2 Å². The minimum absolute atomic E-state index is 0.00164. The van der Waals surface area contributed by atoms with Crippen LogP contribution in [-0.4, -0.2) is 66.7 Å². The molecule has 3 rings (SSSR count). The molecule has 1 aromatic heterocycles. The Morgan fingerprint density at radius 1 is 1.11 bits per heavy atom. The highest BCUT2D eigenvalue weighted by molar-refractivity contribution is 5.73. The van der Waals surface area contributed by atoms with Crippen LogP contribution in [0, 0.1) is 0 Å². The third kappa shape index (κ3) is 7.81. The molecule has 1 aliphatic rings. The molecule has 0 saturated carbocycles. The summed E-state index contributed by atoms with van der Waals surface area (Å²) in [7, 11) is 1.44. The third-order valence-corrected chi connectivity index (χ3v) is 5.59. The second-order valence-corrected chi connectivity index (χ2v) is 9.37. The number of hydrogen-bond donors (Lipinski definition) is 3. The number of phenolic OH excluding ortho intramolecular Hbond substituents is 1. The number of aromatic nitrogens is 3. The van der Waals surface area contributed by atoms with Gasteiger partial charge in [-0.15, -0.1) is 10.2 Å². The molecular formula is C22H27F6N5O4. The molecule has 206 valence electrons. The van der Waals surface area contributed by atoms with Crippen LogP contribution in [0.2, 0.25) is 0 Å². The number of carboxylic acid groups (broad SMARTS) is 1. The highest BCUT2D eigenvalue weighted by Crippen LogP contribution is 2.35. The van der Waals surface area contributed by atoms with Crippen molar-refractivity contribution in [3.8, 4) is 17.1 Å². The van der Waals surface area contributed by atoms with Crippen molar-refractivity contribution >= 4 is 11.8 Å². The zero-order valence-electron chi connectivity index (χ0n) is 20.4. The number of phenols is 1. The molecule has 9 nitrogen and oxygen atoms in total. The van der Waals surface area contributed by atoms with Crippen LogP contribution in [0.1, 0.15) is 39.2 Å². The van der Waals surface area contributed by atoms with E-state index in [1.807, 2.05) is 0 Å². The van der Waals surface area contributed by atoms with Gasteiger partial charge in [-0.25, -0.2) is 4.79 Å². The average molecular weight is 539 g/mol. The van der Waals surface area contributed by atoms with E-state index in [9.17, 15) is 36.2 Å². The van der Waals surface area contributed by atoms with E-state index in [-0.39, 0.29) is 28.8 Å². The zero-order valence-corrected chi connectivity index (χ0v) is 20.4. The standard InChI is InChI=1S/C20H26F3N5O2.C2HF3O2/c1-19(2,3)28-9-5-6-13(11-28)24-16-18(30)27(4)17(26-25-16)14-8-7-12(10-15(14)29)20(21,22)23;3-2(4,5)1(6)7/h7-8,10,13,29H,5-6,9,11H2,1-4H3,(H,24,25);(H,6,7). The van der Waals surface area contributed by atoms with Crippen LogP contribution >= 0.6 is 0 Å². The first-order chi connectivity index (χ1) is 16.8. The SMILES string of the molecule is Cn1c(-c2ccc(C(F)(F)F)cc2O)nnc(NC2CCCN(C(C)(C)C)C2)c1=O.O=C(O)C(F)(F)F. The summed E-state index contributed by atoms with van der Waals surface area (Å²) in [6.07, 6.45) is -7.79. The molecular weight excluding hydrogens is 512 g/mol. The fourth-order valence-corrected chi connectivity index (χ4v) is 3.58. The van der Waals surface area contributed by atoms with Crippen molar-refractivity contribution < 1.29 is 41.4 Å². The van der Waals surface area contributed by atoms with E-state index in [0.29, 0.717) is 6.07 Å². The normalized spacial score (nSPS) is 17.1. The number of hydrogen-bond acceptors (Lipinski definition) is 7. The second-order valence-electron chi connectivity index (χ2n) is 9.37. The summed E-state index contributed by atoms with van der Waals surface area (Å²) < 4.78 is 71.4. The molecule has 37 heavy (non-hydrogen) atoms. The van der Waals surface area contributed by atoms with E-state index in [1.165, 1.54) is 11.6 Å². The predicted octanol–water partition coefficient (Wildman–Crippen LogP) is 3.87. The molecule has 1 atom stereocenters. The van der Waals surface area contributed by atoms with E-state index in [2.05, 4.69) is 41.2 Å². The lowest BCUT2D eigenvalue weighted by Gasteiger charge is -2.41. The van der Waals surface area contributed by atoms with E-state index in [0.717, 1.165) is 38.1 Å². The summed E-state index contributed by atoms with van der Waals surface area (Å²) in [5, 5.41) is 28.3. The highest BCUT2D eigenvalue weighted by Gasteiger charge is 2.38. The van der Waals surface area contributed by atoms with Crippen molar-refractivity contribution in [2.45, 2.75) is 57.5 Å². The number of nitrogens with zero attached hydrogens (tertiary/aromatic N) is 4. The number of anilines is 1. The topological polar surface area (TPSA) is 121 Å². The molecule has 1 unspecified atom stereocenters. The van der Waals surface area contributed by atoms with Gasteiger partial charge in [-0.3, -0.25) is 14.3 Å². The van der Waals surface area contributed by atoms with Gasteiger partial charge >= 0.3 is 18.3 Å². The quantitative estimate of drug-likeness (QED) is 0.503. The summed E-state index contributed by atoms with van der Waals surface area (Å²) in [6, 6.07) is 2.55. The monoisotopic (exact) mass is 539 g/mol. The third-order valence-electron chi connectivity index (χ3n) is 5.59. The van der Waals surface area contributed by atoms with Crippen LogP contribution in [0.15, 0.2) is 23.0 Å². The number of carbonyl (C=O) groups is 1. The summed E-state index contributed by atoms with van der Waals surface area (Å²) in [5.74, 6) is -3.32. The Hall–Kier alpha value is -3.36. The number of rotatable bonds is 3. The average Bonchev–Trinajstić information content (AvgIpc) is 2.76. The molecule has 2 heterocycles. The number of alkyl halides is 6. The Morgan fingerprint density at radius 3 is 2.19 bits per heavy atom. The number of aromatic hydroxyl groups is 1. The number of nitrogens with one attached hydrogen (secondary N) is 1. The molecule has 0 bridgehead atoms. The van der Waals surface area contributed by atoms with Crippen LogP contribution in [0.5, 0.6) is 5.75 Å². The van der Waals surface area contributed by atoms with Crippen molar-refractivity contribution in [2.24, 2.45) is 7.05 Å². The van der Waals surface area contributed by atoms with Gasteiger partial charge in [0, 0.05) is 25.2 Å². The van der Waals surface area contributed by atoms with Crippen molar-refractivity contribution in [2.75, 3.05) is 18.4 Å². The van der Waals surface area contributed by atoms with Gasteiger partial charge in [0.25, 0.3) is 5.56 Å². The van der Waals surface area contributed by atoms with Crippen LogP contribution in [0.25, 0.3) is 11.4 Å². The number of aliphatic carboxylic acids is 1. The van der Waals surface area contributed by atoms with Gasteiger partial charge < -0.3 is 15.5 Å². The minimum Gasteiger partial charge on any atom is -0.507 e. The molecule has 1 aliphatic heterocycles. The number of halogens is 6. The van der Waals surface area contributed by atoms with Crippen molar-refractivity contribution in [1.29, 1.82) is 0 Å². The second kappa shape index (κ2) is 10.9. The fourth-order valence-electron chi connectivity index (χ4n) is 3.58. The maximum absolute atomic E-state index is 12.8. The van der Waals surface area contributed by atoms with Crippen LogP contribution < -0.4 is 10.9 Å².